The zero-order valence-electron chi connectivity index (χ0n) is 19.4. The van der Waals surface area contributed by atoms with Gasteiger partial charge in [0, 0.05) is 50.2 Å². The predicted molar refractivity (Wildman–Crippen MR) is 127 cm³/mol. The van der Waals surface area contributed by atoms with Crippen molar-refractivity contribution in [3.05, 3.63) is 59.9 Å². The number of nitrogens with one attached hydrogen (secondary N) is 1. The lowest BCUT2D eigenvalue weighted by Gasteiger charge is -2.43. The number of rotatable bonds is 4. The van der Waals surface area contributed by atoms with Crippen molar-refractivity contribution in [2.75, 3.05) is 33.3 Å². The van der Waals surface area contributed by atoms with E-state index in [0.29, 0.717) is 25.1 Å². The minimum Gasteiger partial charge on any atom is -0.497 e. The van der Waals surface area contributed by atoms with E-state index in [9.17, 15) is 9.59 Å². The Kier molecular flexibility index (Phi) is 7.94. The summed E-state index contributed by atoms with van der Waals surface area (Å²) in [6, 6.07) is 11.3. The molecule has 2 unspecified atom stereocenters. The first-order chi connectivity index (χ1) is 16.2. The highest BCUT2D eigenvalue weighted by atomic mass is 16.5. The molecule has 0 aliphatic carbocycles. The Labute approximate surface area is 196 Å². The van der Waals surface area contributed by atoms with Gasteiger partial charge in [0.05, 0.1) is 13.0 Å². The number of pyridine rings is 1. The smallest absolute Gasteiger partial charge is 0.253 e. The van der Waals surface area contributed by atoms with Crippen LogP contribution in [0.1, 0.15) is 48.0 Å². The van der Waals surface area contributed by atoms with Crippen molar-refractivity contribution in [2.24, 2.45) is 5.92 Å². The molecule has 7 nitrogen and oxygen atoms in total. The molecule has 2 saturated heterocycles. The van der Waals surface area contributed by atoms with Crippen LogP contribution in [-0.4, -0.2) is 65.9 Å². The van der Waals surface area contributed by atoms with Crippen LogP contribution >= 0.6 is 0 Å². The highest BCUT2D eigenvalue weighted by Gasteiger charge is 2.39. The van der Waals surface area contributed by atoms with Gasteiger partial charge in [-0.25, -0.2) is 0 Å². The zero-order valence-corrected chi connectivity index (χ0v) is 19.4. The van der Waals surface area contributed by atoms with E-state index >= 15 is 0 Å². The Balaban J connectivity index is 1.57. The van der Waals surface area contributed by atoms with Crippen LogP contribution in [0, 0.1) is 5.92 Å². The quantitative estimate of drug-likeness (QED) is 0.775. The minimum atomic E-state index is -0.121. The standard InChI is InChI=1S/C26H34N4O3/c1-33-22-8-6-21(7-9-22)26(32)30-17-12-23-24(19-30)29(18-20-10-14-27-15-11-20)16-5-3-2-4-13-28-25(23)31/h6-11,14-15,23-24H,2-5,12-13,16-19H2,1H3,(H,28,31). The van der Waals surface area contributed by atoms with Gasteiger partial charge in [-0.3, -0.25) is 19.5 Å². The number of carbonyl (C=O) groups excluding carboxylic acids is 2. The fourth-order valence-electron chi connectivity index (χ4n) is 4.93. The molecule has 1 aromatic heterocycles. The summed E-state index contributed by atoms with van der Waals surface area (Å²) < 4.78 is 5.23. The third-order valence-corrected chi connectivity index (χ3v) is 6.82. The fourth-order valence-corrected chi connectivity index (χ4v) is 4.93. The van der Waals surface area contributed by atoms with Crippen molar-refractivity contribution < 1.29 is 14.3 Å². The maximum absolute atomic E-state index is 13.3. The summed E-state index contributed by atoms with van der Waals surface area (Å²) in [6.07, 6.45) is 8.68. The number of fused-ring (bicyclic) bond motifs is 1. The van der Waals surface area contributed by atoms with Crippen LogP contribution in [-0.2, 0) is 11.3 Å². The molecule has 2 aliphatic rings. The van der Waals surface area contributed by atoms with E-state index in [1.54, 1.807) is 7.11 Å². The van der Waals surface area contributed by atoms with Crippen molar-refractivity contribution >= 4 is 11.8 Å². The molecule has 2 aromatic rings. The van der Waals surface area contributed by atoms with E-state index in [-0.39, 0.29) is 23.8 Å². The van der Waals surface area contributed by atoms with Crippen molar-refractivity contribution in [3.8, 4) is 5.75 Å². The van der Waals surface area contributed by atoms with E-state index in [1.807, 2.05) is 53.7 Å². The van der Waals surface area contributed by atoms with E-state index in [2.05, 4.69) is 15.2 Å². The summed E-state index contributed by atoms with van der Waals surface area (Å²) in [4.78, 5) is 34.9. The molecule has 0 saturated carbocycles. The lowest BCUT2D eigenvalue weighted by molar-refractivity contribution is -0.129. The van der Waals surface area contributed by atoms with Crippen LogP contribution in [0.5, 0.6) is 5.75 Å². The van der Waals surface area contributed by atoms with Gasteiger partial charge in [0.2, 0.25) is 5.91 Å². The van der Waals surface area contributed by atoms with Crippen molar-refractivity contribution in [1.29, 1.82) is 0 Å². The largest absolute Gasteiger partial charge is 0.497 e. The summed E-state index contributed by atoms with van der Waals surface area (Å²) >= 11 is 0. The van der Waals surface area contributed by atoms with Crippen LogP contribution in [0.25, 0.3) is 0 Å². The van der Waals surface area contributed by atoms with Crippen LogP contribution in [0.3, 0.4) is 0 Å². The number of benzene rings is 1. The third-order valence-electron chi connectivity index (χ3n) is 6.82. The van der Waals surface area contributed by atoms with Gasteiger partial charge in [-0.2, -0.15) is 0 Å². The minimum absolute atomic E-state index is 0.00897. The first-order valence-corrected chi connectivity index (χ1v) is 12.0. The number of hydrogen-bond donors (Lipinski definition) is 1. The molecule has 0 radical (unpaired) electrons. The zero-order chi connectivity index (χ0) is 23.0. The molecule has 0 spiro atoms. The molecular formula is C26H34N4O3. The first-order valence-electron chi connectivity index (χ1n) is 12.0. The molecule has 3 heterocycles. The van der Waals surface area contributed by atoms with Crippen LogP contribution in [0.2, 0.25) is 0 Å². The molecule has 7 heteroatoms. The van der Waals surface area contributed by atoms with Gasteiger partial charge in [-0.05, 0) is 67.8 Å². The first kappa shape index (κ1) is 23.2. The Morgan fingerprint density at radius 1 is 1.06 bits per heavy atom. The van der Waals surface area contributed by atoms with Crippen LogP contribution in [0.4, 0.5) is 0 Å². The number of piperidine rings is 1. The highest BCUT2D eigenvalue weighted by molar-refractivity contribution is 5.94. The number of aromatic nitrogens is 1. The highest BCUT2D eigenvalue weighted by Crippen LogP contribution is 2.27. The van der Waals surface area contributed by atoms with Gasteiger partial charge in [0.25, 0.3) is 5.91 Å². The van der Waals surface area contributed by atoms with Crippen molar-refractivity contribution in [2.45, 2.75) is 44.7 Å². The summed E-state index contributed by atoms with van der Waals surface area (Å²) in [6.45, 7) is 3.54. The van der Waals surface area contributed by atoms with Gasteiger partial charge in [-0.1, -0.05) is 12.8 Å². The maximum Gasteiger partial charge on any atom is 0.253 e. The van der Waals surface area contributed by atoms with E-state index < -0.39 is 0 Å². The van der Waals surface area contributed by atoms with Crippen LogP contribution < -0.4 is 10.1 Å². The molecule has 2 amide bonds. The van der Waals surface area contributed by atoms with E-state index in [4.69, 9.17) is 4.74 Å². The second-order valence-electron chi connectivity index (χ2n) is 8.97. The number of methoxy groups -OCH3 is 1. The normalized spacial score (nSPS) is 22.6. The average molecular weight is 451 g/mol. The molecule has 1 N–H and O–H groups in total. The Morgan fingerprint density at radius 2 is 1.82 bits per heavy atom. The summed E-state index contributed by atoms with van der Waals surface area (Å²) in [5, 5.41) is 3.16. The molecule has 2 aliphatic heterocycles. The summed E-state index contributed by atoms with van der Waals surface area (Å²) in [5.74, 6) is 0.742. The van der Waals surface area contributed by atoms with Gasteiger partial charge >= 0.3 is 0 Å². The monoisotopic (exact) mass is 450 g/mol. The molecule has 4 rings (SSSR count). The molecular weight excluding hydrogens is 416 g/mol. The molecule has 1 aromatic carbocycles. The van der Waals surface area contributed by atoms with E-state index in [1.165, 1.54) is 5.56 Å². The van der Waals surface area contributed by atoms with Crippen molar-refractivity contribution in [1.82, 2.24) is 20.1 Å². The number of amides is 2. The number of nitrogens with zero attached hydrogens (tertiary/aromatic N) is 3. The lowest BCUT2D eigenvalue weighted by atomic mass is 9.88. The number of carbonyl (C=O) groups is 2. The maximum atomic E-state index is 13.3. The van der Waals surface area contributed by atoms with Gasteiger partial charge in [0.15, 0.2) is 0 Å². The average Bonchev–Trinajstić information content (AvgIpc) is 2.89. The van der Waals surface area contributed by atoms with Gasteiger partial charge < -0.3 is 15.0 Å². The Bertz CT molecular complexity index is 919. The van der Waals surface area contributed by atoms with E-state index in [0.717, 1.165) is 51.1 Å². The number of likely N-dealkylation sites (tertiary alicyclic amines) is 1. The Morgan fingerprint density at radius 3 is 2.58 bits per heavy atom. The molecule has 2 fully saturated rings. The fraction of sp³-hybridized carbons (Fsp3) is 0.500. The molecule has 176 valence electrons. The summed E-state index contributed by atoms with van der Waals surface area (Å²) in [5.41, 5.74) is 1.83. The van der Waals surface area contributed by atoms with Crippen LogP contribution in [0.15, 0.2) is 48.8 Å². The number of hydrogen-bond acceptors (Lipinski definition) is 5. The molecule has 0 bridgehead atoms. The Hall–Kier alpha value is -2.93. The topological polar surface area (TPSA) is 74.8 Å². The SMILES string of the molecule is COc1ccc(C(=O)N2CCC3C(=O)NCCCCCCN(Cc4ccncc4)C3C2)cc1. The second kappa shape index (κ2) is 11.3. The predicted octanol–water partition coefficient (Wildman–Crippen LogP) is 3.11. The van der Waals surface area contributed by atoms with Gasteiger partial charge in [-0.15, -0.1) is 0 Å². The number of ether oxygens (including phenoxy) is 1. The molecule has 33 heavy (non-hydrogen) atoms. The third kappa shape index (κ3) is 5.90. The lowest BCUT2D eigenvalue weighted by Crippen LogP contribution is -2.57. The summed E-state index contributed by atoms with van der Waals surface area (Å²) in [7, 11) is 1.62. The molecule has 2 atom stereocenters. The van der Waals surface area contributed by atoms with Crippen molar-refractivity contribution in [3.63, 3.8) is 0 Å². The van der Waals surface area contributed by atoms with Gasteiger partial charge in [0.1, 0.15) is 5.75 Å². The second-order valence-corrected chi connectivity index (χ2v) is 8.97.